The van der Waals surface area contributed by atoms with Crippen molar-refractivity contribution in [1.29, 1.82) is 0 Å². The summed E-state index contributed by atoms with van der Waals surface area (Å²) < 4.78 is 0. The van der Waals surface area contributed by atoms with Crippen LogP contribution in [0.1, 0.15) is 60.3 Å². The van der Waals surface area contributed by atoms with Gasteiger partial charge in [0, 0.05) is 37.3 Å². The van der Waals surface area contributed by atoms with Crippen molar-refractivity contribution in [2.24, 2.45) is 0 Å². The summed E-state index contributed by atoms with van der Waals surface area (Å²) in [5.41, 5.74) is 7.79. The molecule has 0 aliphatic heterocycles. The zero-order valence-corrected chi connectivity index (χ0v) is 21.5. The van der Waals surface area contributed by atoms with Gasteiger partial charge in [-0.15, -0.1) is 0 Å². The molecule has 3 aromatic carbocycles. The molecule has 0 saturated heterocycles. The van der Waals surface area contributed by atoms with Gasteiger partial charge in [0.15, 0.2) is 5.78 Å². The van der Waals surface area contributed by atoms with E-state index in [1.807, 2.05) is 42.5 Å². The Bertz CT molecular complexity index is 968. The third-order valence-corrected chi connectivity index (χ3v) is 5.85. The van der Waals surface area contributed by atoms with Crippen LogP contribution < -0.4 is 9.80 Å². The largest absolute Gasteiger partial charge is 0.370 e. The monoisotopic (exact) mass is 444 g/mol. The minimum Gasteiger partial charge on any atom is -0.370 e. The number of aryl methyl sites for hydroxylation is 3. The summed E-state index contributed by atoms with van der Waals surface area (Å²) in [4.78, 5) is 17.7. The van der Waals surface area contributed by atoms with Gasteiger partial charge < -0.3 is 9.80 Å². The molecule has 0 heterocycles. The van der Waals surface area contributed by atoms with Gasteiger partial charge in [-0.3, -0.25) is 4.79 Å². The topological polar surface area (TPSA) is 23.6 Å². The highest BCUT2D eigenvalue weighted by Gasteiger charge is 2.21. The van der Waals surface area contributed by atoms with Gasteiger partial charge in [0.05, 0.1) is 11.4 Å². The molecule has 0 saturated carbocycles. The number of anilines is 2. The lowest BCUT2D eigenvalue weighted by Crippen LogP contribution is -2.30. The van der Waals surface area contributed by atoms with E-state index in [0.717, 1.165) is 48.7 Å². The predicted molar refractivity (Wildman–Crippen MR) is 144 cm³/mol. The highest BCUT2D eigenvalue weighted by Crippen LogP contribution is 2.34. The average Bonchev–Trinajstić information content (AvgIpc) is 2.81. The lowest BCUT2D eigenvalue weighted by Gasteiger charge is -2.31. The maximum absolute atomic E-state index is 13.1. The summed E-state index contributed by atoms with van der Waals surface area (Å²) in [6, 6.07) is 22.2. The van der Waals surface area contributed by atoms with E-state index in [4.69, 9.17) is 0 Å². The maximum atomic E-state index is 13.1. The van der Waals surface area contributed by atoms with E-state index >= 15 is 0 Å². The number of benzene rings is 3. The van der Waals surface area contributed by atoms with Crippen molar-refractivity contribution in [3.05, 3.63) is 94.5 Å². The van der Waals surface area contributed by atoms with E-state index in [1.165, 1.54) is 16.7 Å². The van der Waals surface area contributed by atoms with Crippen molar-refractivity contribution in [2.75, 3.05) is 36.0 Å². The van der Waals surface area contributed by atoms with Crippen molar-refractivity contribution in [1.82, 2.24) is 0 Å². The van der Waals surface area contributed by atoms with E-state index < -0.39 is 0 Å². The second-order valence-electron chi connectivity index (χ2n) is 8.38. The van der Waals surface area contributed by atoms with Crippen molar-refractivity contribution in [3.8, 4) is 0 Å². The van der Waals surface area contributed by atoms with Crippen LogP contribution in [-0.2, 0) is 0 Å². The fraction of sp³-hybridized carbons (Fsp3) is 0.367. The van der Waals surface area contributed by atoms with E-state index in [2.05, 4.69) is 82.5 Å². The van der Waals surface area contributed by atoms with Crippen molar-refractivity contribution in [3.63, 3.8) is 0 Å². The number of para-hydroxylation sites is 1. The molecule has 0 fully saturated rings. The van der Waals surface area contributed by atoms with Crippen LogP contribution in [0.3, 0.4) is 0 Å². The van der Waals surface area contributed by atoms with Crippen LogP contribution in [0.25, 0.3) is 0 Å². The Kier molecular flexibility index (Phi) is 10.2. The van der Waals surface area contributed by atoms with Crippen LogP contribution in [0.15, 0.2) is 66.7 Å². The molecule has 0 radical (unpaired) electrons. The average molecular weight is 445 g/mol. The lowest BCUT2D eigenvalue weighted by atomic mass is 9.99. The Balaban J connectivity index is 0.000000357. The minimum absolute atomic E-state index is 0.0894. The molecule has 0 N–H and O–H groups in total. The number of hydrogen-bond donors (Lipinski definition) is 0. The van der Waals surface area contributed by atoms with Gasteiger partial charge in [-0.05, 0) is 60.6 Å². The van der Waals surface area contributed by atoms with Crippen LogP contribution in [0, 0.1) is 20.8 Å². The van der Waals surface area contributed by atoms with Crippen LogP contribution in [0.4, 0.5) is 11.4 Å². The molecule has 0 aliphatic rings. The zero-order chi connectivity index (χ0) is 24.4. The van der Waals surface area contributed by atoms with Crippen molar-refractivity contribution >= 4 is 17.2 Å². The molecule has 176 valence electrons. The molecule has 3 aromatic rings. The van der Waals surface area contributed by atoms with E-state index in [1.54, 1.807) is 0 Å². The first-order chi connectivity index (χ1) is 15.9. The molecule has 0 unspecified atom stereocenters. The van der Waals surface area contributed by atoms with Gasteiger partial charge >= 0.3 is 0 Å². The molecule has 3 nitrogen and oxygen atoms in total. The first-order valence-corrected chi connectivity index (χ1v) is 12.1. The molecular formula is C30H40N2O. The zero-order valence-electron chi connectivity index (χ0n) is 21.5. The van der Waals surface area contributed by atoms with Crippen LogP contribution in [0.2, 0.25) is 0 Å². The predicted octanol–water partition coefficient (Wildman–Crippen LogP) is 7.22. The van der Waals surface area contributed by atoms with Crippen LogP contribution in [0.5, 0.6) is 0 Å². The number of hydrogen-bond acceptors (Lipinski definition) is 3. The fourth-order valence-corrected chi connectivity index (χ4v) is 4.35. The molecule has 0 aliphatic carbocycles. The Morgan fingerprint density at radius 2 is 1.12 bits per heavy atom. The first kappa shape index (κ1) is 26.2. The molecule has 33 heavy (non-hydrogen) atoms. The molecule has 0 bridgehead atoms. The van der Waals surface area contributed by atoms with Gasteiger partial charge in [0.1, 0.15) is 0 Å². The van der Waals surface area contributed by atoms with Gasteiger partial charge in [-0.2, -0.15) is 0 Å². The third-order valence-electron chi connectivity index (χ3n) is 5.85. The van der Waals surface area contributed by atoms with Gasteiger partial charge in [-0.1, -0.05) is 71.3 Å². The number of carbonyl (C=O) groups excluding carboxylic acids is 1. The fourth-order valence-electron chi connectivity index (χ4n) is 4.35. The van der Waals surface area contributed by atoms with E-state index in [-0.39, 0.29) is 5.78 Å². The van der Waals surface area contributed by atoms with Crippen LogP contribution in [-0.4, -0.2) is 32.0 Å². The Morgan fingerprint density at radius 1 is 0.636 bits per heavy atom. The number of ketones is 1. The SMILES string of the molecule is CCN(CC)c1cccc(C(=O)c2ccccc2)c1N(CC)CC.Cc1cc(C)cc(C)c1. The summed E-state index contributed by atoms with van der Waals surface area (Å²) in [7, 11) is 0. The smallest absolute Gasteiger partial charge is 0.195 e. The van der Waals surface area contributed by atoms with Gasteiger partial charge in [0.25, 0.3) is 0 Å². The summed E-state index contributed by atoms with van der Waals surface area (Å²) >= 11 is 0. The second kappa shape index (κ2) is 12.8. The van der Waals surface area contributed by atoms with E-state index in [0.29, 0.717) is 0 Å². The van der Waals surface area contributed by atoms with Crippen molar-refractivity contribution in [2.45, 2.75) is 48.5 Å². The number of nitrogens with zero attached hydrogens (tertiary/aromatic N) is 2. The third kappa shape index (κ3) is 6.95. The highest BCUT2D eigenvalue weighted by molar-refractivity contribution is 6.14. The molecule has 3 heteroatoms. The van der Waals surface area contributed by atoms with E-state index in [9.17, 15) is 4.79 Å². The molecule has 0 atom stereocenters. The van der Waals surface area contributed by atoms with Crippen molar-refractivity contribution < 1.29 is 4.79 Å². The second-order valence-corrected chi connectivity index (χ2v) is 8.38. The maximum Gasteiger partial charge on any atom is 0.195 e. The highest BCUT2D eigenvalue weighted by atomic mass is 16.1. The Morgan fingerprint density at radius 3 is 1.58 bits per heavy atom. The summed E-state index contributed by atoms with van der Waals surface area (Å²) in [5.74, 6) is 0.0894. The lowest BCUT2D eigenvalue weighted by molar-refractivity contribution is 0.103. The number of carbonyl (C=O) groups is 1. The number of rotatable bonds is 8. The molecule has 0 spiro atoms. The Labute approximate surface area is 201 Å². The van der Waals surface area contributed by atoms with Gasteiger partial charge in [0.2, 0.25) is 0 Å². The quantitative estimate of drug-likeness (QED) is 0.343. The normalized spacial score (nSPS) is 10.3. The molecule has 0 amide bonds. The summed E-state index contributed by atoms with van der Waals surface area (Å²) in [5, 5.41) is 0. The molecule has 3 rings (SSSR count). The first-order valence-electron chi connectivity index (χ1n) is 12.1. The molecule has 0 aromatic heterocycles. The summed E-state index contributed by atoms with van der Waals surface area (Å²) in [6.07, 6.45) is 0. The minimum atomic E-state index is 0.0894. The summed E-state index contributed by atoms with van der Waals surface area (Å²) in [6.45, 7) is 18.6. The van der Waals surface area contributed by atoms with Gasteiger partial charge in [-0.25, -0.2) is 0 Å². The standard InChI is InChI=1S/C21H28N2O.C9H12/c1-5-22(6-2)19-16-12-15-18(20(19)23(7-3)8-4)21(24)17-13-10-9-11-14-17;1-7-4-8(2)6-9(3)5-7/h9-16H,5-8H2,1-4H3;4-6H,1-3H3. The van der Waals surface area contributed by atoms with Crippen LogP contribution >= 0.6 is 0 Å². The molecular weight excluding hydrogens is 404 g/mol. The Hall–Kier alpha value is -3.07.